The van der Waals surface area contributed by atoms with Gasteiger partial charge in [0.2, 0.25) is 5.91 Å². The lowest BCUT2D eigenvalue weighted by Gasteiger charge is -2.20. The summed E-state index contributed by atoms with van der Waals surface area (Å²) in [4.78, 5) is 12.3. The van der Waals surface area contributed by atoms with Crippen LogP contribution in [0, 0.1) is 5.92 Å². The van der Waals surface area contributed by atoms with Crippen LogP contribution in [0.3, 0.4) is 0 Å². The summed E-state index contributed by atoms with van der Waals surface area (Å²) in [7, 11) is 0. The fraction of sp³-hybridized carbons (Fsp3) is 0.412. The van der Waals surface area contributed by atoms with E-state index in [9.17, 15) is 9.90 Å². The molecule has 116 valence electrons. The highest BCUT2D eigenvalue weighted by molar-refractivity contribution is 5.80. The third kappa shape index (κ3) is 3.04. The lowest BCUT2D eigenvalue weighted by Crippen LogP contribution is -2.36. The number of hydrogen-bond donors (Lipinski definition) is 2. The summed E-state index contributed by atoms with van der Waals surface area (Å²) in [6.45, 7) is 1.96. The fourth-order valence-corrected chi connectivity index (χ4v) is 3.01. The topological polar surface area (TPSA) is 67.2 Å². The van der Waals surface area contributed by atoms with Gasteiger partial charge in [0.25, 0.3) is 0 Å². The molecule has 0 bridgehead atoms. The van der Waals surface area contributed by atoms with E-state index in [1.54, 1.807) is 10.9 Å². The average Bonchev–Trinajstić information content (AvgIpc) is 3.18. The van der Waals surface area contributed by atoms with Crippen LogP contribution in [0.1, 0.15) is 37.8 Å². The maximum atomic E-state index is 12.3. The summed E-state index contributed by atoms with van der Waals surface area (Å²) in [5.41, 5.74) is 1.98. The smallest absolute Gasteiger partial charge is 0.226 e. The van der Waals surface area contributed by atoms with E-state index in [0.29, 0.717) is 0 Å². The summed E-state index contributed by atoms with van der Waals surface area (Å²) in [5.74, 6) is -0.321. The molecule has 2 N–H and O–H groups in total. The molecular weight excluding hydrogens is 278 g/mol. The van der Waals surface area contributed by atoms with Gasteiger partial charge in [-0.2, -0.15) is 5.10 Å². The van der Waals surface area contributed by atoms with Gasteiger partial charge in [-0.05, 0) is 49.9 Å². The van der Waals surface area contributed by atoms with Crippen molar-refractivity contribution in [2.45, 2.75) is 38.3 Å². The predicted octanol–water partition coefficient (Wildman–Crippen LogP) is 2.21. The van der Waals surface area contributed by atoms with Crippen LogP contribution in [0.25, 0.3) is 5.69 Å². The van der Waals surface area contributed by atoms with Crippen molar-refractivity contribution in [3.05, 3.63) is 48.3 Å². The second kappa shape index (κ2) is 6.32. The van der Waals surface area contributed by atoms with Crippen molar-refractivity contribution >= 4 is 5.91 Å². The highest BCUT2D eigenvalue weighted by Crippen LogP contribution is 2.26. The van der Waals surface area contributed by atoms with Crippen molar-refractivity contribution in [1.29, 1.82) is 0 Å². The highest BCUT2D eigenvalue weighted by Gasteiger charge is 2.32. The van der Waals surface area contributed by atoms with Gasteiger partial charge in [0, 0.05) is 12.4 Å². The van der Waals surface area contributed by atoms with Crippen molar-refractivity contribution in [1.82, 2.24) is 15.1 Å². The van der Waals surface area contributed by atoms with Crippen LogP contribution >= 0.6 is 0 Å². The molecule has 1 fully saturated rings. The maximum Gasteiger partial charge on any atom is 0.226 e. The van der Waals surface area contributed by atoms with Crippen molar-refractivity contribution in [3.8, 4) is 5.69 Å². The highest BCUT2D eigenvalue weighted by atomic mass is 16.3. The minimum Gasteiger partial charge on any atom is -0.392 e. The van der Waals surface area contributed by atoms with Crippen LogP contribution < -0.4 is 5.32 Å². The van der Waals surface area contributed by atoms with Crippen LogP contribution in [0.5, 0.6) is 0 Å². The first-order valence-corrected chi connectivity index (χ1v) is 7.73. The Morgan fingerprint density at radius 3 is 2.95 bits per heavy atom. The first-order chi connectivity index (χ1) is 10.6. The second-order valence-electron chi connectivity index (χ2n) is 5.88. The molecule has 22 heavy (non-hydrogen) atoms. The molecule has 1 aromatic carbocycles. The number of nitrogens with one attached hydrogen (secondary N) is 1. The Kier molecular flexibility index (Phi) is 4.24. The molecule has 1 aliphatic carbocycles. The SMILES string of the molecule is CC(NC(=O)C1CCCC1O)c1cccc(-n2cccn2)c1. The lowest BCUT2D eigenvalue weighted by molar-refractivity contribution is -0.128. The number of aromatic nitrogens is 2. The Morgan fingerprint density at radius 1 is 1.41 bits per heavy atom. The molecule has 0 radical (unpaired) electrons. The zero-order valence-electron chi connectivity index (χ0n) is 12.6. The number of hydrogen-bond acceptors (Lipinski definition) is 3. The molecule has 5 nitrogen and oxygen atoms in total. The summed E-state index contributed by atoms with van der Waals surface area (Å²) in [6, 6.07) is 9.71. The number of carbonyl (C=O) groups excluding carboxylic acids is 1. The van der Waals surface area contributed by atoms with Gasteiger partial charge in [0.1, 0.15) is 0 Å². The number of aliphatic hydroxyl groups is 1. The quantitative estimate of drug-likeness (QED) is 0.909. The molecule has 1 aromatic heterocycles. The molecule has 2 aromatic rings. The van der Waals surface area contributed by atoms with E-state index in [-0.39, 0.29) is 17.9 Å². The largest absolute Gasteiger partial charge is 0.392 e. The number of nitrogens with zero attached hydrogens (tertiary/aromatic N) is 2. The normalized spacial score (nSPS) is 22.5. The zero-order chi connectivity index (χ0) is 15.5. The molecular formula is C17H21N3O2. The summed E-state index contributed by atoms with van der Waals surface area (Å²) in [5, 5.41) is 17.1. The average molecular weight is 299 g/mol. The third-order valence-electron chi connectivity index (χ3n) is 4.31. The van der Waals surface area contributed by atoms with Gasteiger partial charge >= 0.3 is 0 Å². The summed E-state index contributed by atoms with van der Waals surface area (Å²) >= 11 is 0. The van der Waals surface area contributed by atoms with Crippen LogP contribution in [-0.2, 0) is 4.79 Å². The first kappa shape index (κ1) is 14.8. The van der Waals surface area contributed by atoms with Gasteiger partial charge in [-0.25, -0.2) is 4.68 Å². The van der Waals surface area contributed by atoms with Crippen LogP contribution in [0.4, 0.5) is 0 Å². The van der Waals surface area contributed by atoms with E-state index >= 15 is 0 Å². The Bertz CT molecular complexity index is 639. The van der Waals surface area contributed by atoms with E-state index in [2.05, 4.69) is 10.4 Å². The van der Waals surface area contributed by atoms with E-state index < -0.39 is 6.10 Å². The van der Waals surface area contributed by atoms with E-state index in [1.165, 1.54) is 0 Å². The third-order valence-corrected chi connectivity index (χ3v) is 4.31. The van der Waals surface area contributed by atoms with Crippen LogP contribution in [-0.4, -0.2) is 26.9 Å². The number of amides is 1. The van der Waals surface area contributed by atoms with Gasteiger partial charge in [-0.1, -0.05) is 12.1 Å². The number of benzene rings is 1. The molecule has 3 atom stereocenters. The minimum absolute atomic E-state index is 0.0537. The van der Waals surface area contributed by atoms with Gasteiger partial charge in [-0.3, -0.25) is 4.79 Å². The van der Waals surface area contributed by atoms with Gasteiger partial charge in [0.05, 0.1) is 23.8 Å². The Balaban J connectivity index is 1.71. The predicted molar refractivity (Wildman–Crippen MR) is 83.5 cm³/mol. The molecule has 5 heteroatoms. The van der Waals surface area contributed by atoms with Gasteiger partial charge in [0.15, 0.2) is 0 Å². The Morgan fingerprint density at radius 2 is 2.27 bits per heavy atom. The van der Waals surface area contributed by atoms with Crippen molar-refractivity contribution in [2.75, 3.05) is 0 Å². The lowest BCUT2D eigenvalue weighted by atomic mass is 10.0. The van der Waals surface area contributed by atoms with Crippen molar-refractivity contribution in [2.24, 2.45) is 5.92 Å². The molecule has 3 rings (SSSR count). The van der Waals surface area contributed by atoms with E-state index in [4.69, 9.17) is 0 Å². The van der Waals surface area contributed by atoms with Crippen molar-refractivity contribution < 1.29 is 9.90 Å². The second-order valence-corrected chi connectivity index (χ2v) is 5.88. The maximum absolute atomic E-state index is 12.3. The molecule has 1 heterocycles. The fourth-order valence-electron chi connectivity index (χ4n) is 3.01. The standard InChI is InChI=1S/C17H21N3O2/c1-12(19-17(22)15-7-3-8-16(15)21)13-5-2-6-14(11-13)20-10-4-9-18-20/h2,4-6,9-12,15-16,21H,3,7-8H2,1H3,(H,19,22). The van der Waals surface area contributed by atoms with E-state index in [1.807, 2.05) is 43.5 Å². The van der Waals surface area contributed by atoms with Crippen LogP contribution in [0.2, 0.25) is 0 Å². The molecule has 0 spiro atoms. The number of rotatable bonds is 4. The van der Waals surface area contributed by atoms with Gasteiger partial charge in [-0.15, -0.1) is 0 Å². The molecule has 0 aliphatic heterocycles. The molecule has 3 unspecified atom stereocenters. The Hall–Kier alpha value is -2.14. The minimum atomic E-state index is -0.498. The Labute approximate surface area is 130 Å². The molecule has 1 aliphatic rings. The van der Waals surface area contributed by atoms with E-state index in [0.717, 1.165) is 30.5 Å². The molecule has 1 amide bonds. The van der Waals surface area contributed by atoms with Crippen molar-refractivity contribution in [3.63, 3.8) is 0 Å². The number of aliphatic hydroxyl groups excluding tert-OH is 1. The monoisotopic (exact) mass is 299 g/mol. The number of carbonyl (C=O) groups is 1. The van der Waals surface area contributed by atoms with Gasteiger partial charge < -0.3 is 10.4 Å². The summed E-state index contributed by atoms with van der Waals surface area (Å²) in [6.07, 6.45) is 5.54. The zero-order valence-corrected chi connectivity index (χ0v) is 12.6. The molecule has 1 saturated carbocycles. The molecule has 0 saturated heterocycles. The first-order valence-electron chi connectivity index (χ1n) is 7.73. The summed E-state index contributed by atoms with van der Waals surface area (Å²) < 4.78 is 1.79. The van der Waals surface area contributed by atoms with Crippen LogP contribution in [0.15, 0.2) is 42.7 Å².